The van der Waals surface area contributed by atoms with Gasteiger partial charge in [-0.2, -0.15) is 8.42 Å². The van der Waals surface area contributed by atoms with Crippen molar-refractivity contribution in [3.8, 4) is 0 Å². The summed E-state index contributed by atoms with van der Waals surface area (Å²) >= 11 is 0. The molecule has 0 saturated heterocycles. The normalized spacial score (nSPS) is 14.4. The summed E-state index contributed by atoms with van der Waals surface area (Å²) in [6.45, 7) is 4.44. The first-order valence-electron chi connectivity index (χ1n) is 19.8. The Hall–Kier alpha value is -1.48. The van der Waals surface area contributed by atoms with Gasteiger partial charge in [-0.1, -0.05) is 166 Å². The standard InChI is InChI=1S/C40H75NO6S/c1-3-5-7-9-11-13-14-15-16-17-18-19-20-21-22-23-24-25-27-29-31-33-35-39(43)40(44)41-37(36-48(45,46)47)38(42)34-32-30-28-26-12-10-8-6-4-2/h12,21-22,26,32,34,37-39,42-43H,3-11,13-20,23-25,27-31,33,35-36H2,1-2H3,(H,41,44)(H,45,46,47)/b22-21-,26-12+,34-32+. The van der Waals surface area contributed by atoms with Crippen LogP contribution in [0.25, 0.3) is 0 Å². The van der Waals surface area contributed by atoms with Gasteiger partial charge in [-0.3, -0.25) is 9.35 Å². The van der Waals surface area contributed by atoms with Crippen molar-refractivity contribution in [3.63, 3.8) is 0 Å². The molecule has 0 bridgehead atoms. The number of rotatable bonds is 35. The first-order chi connectivity index (χ1) is 23.2. The first kappa shape index (κ1) is 46.5. The van der Waals surface area contributed by atoms with Crippen molar-refractivity contribution in [2.75, 3.05) is 5.75 Å². The summed E-state index contributed by atoms with van der Waals surface area (Å²) in [4.78, 5) is 12.5. The third-order valence-corrected chi connectivity index (χ3v) is 9.68. The summed E-state index contributed by atoms with van der Waals surface area (Å²) in [6.07, 6.45) is 40.8. The van der Waals surface area contributed by atoms with E-state index in [0.717, 1.165) is 38.5 Å². The maximum Gasteiger partial charge on any atom is 0.267 e. The third-order valence-electron chi connectivity index (χ3n) is 8.90. The van der Waals surface area contributed by atoms with Gasteiger partial charge < -0.3 is 15.5 Å². The summed E-state index contributed by atoms with van der Waals surface area (Å²) in [5.41, 5.74) is 0. The zero-order valence-electron chi connectivity index (χ0n) is 31.0. The second-order valence-electron chi connectivity index (χ2n) is 13.7. The predicted octanol–water partition coefficient (Wildman–Crippen LogP) is 10.3. The van der Waals surface area contributed by atoms with Gasteiger partial charge in [-0.15, -0.1) is 0 Å². The fourth-order valence-electron chi connectivity index (χ4n) is 5.82. The van der Waals surface area contributed by atoms with Crippen molar-refractivity contribution in [2.24, 2.45) is 0 Å². The highest BCUT2D eigenvalue weighted by Crippen LogP contribution is 2.14. The molecule has 282 valence electrons. The predicted molar refractivity (Wildman–Crippen MR) is 204 cm³/mol. The van der Waals surface area contributed by atoms with Crippen LogP contribution in [0.15, 0.2) is 36.5 Å². The molecule has 0 aliphatic heterocycles. The van der Waals surface area contributed by atoms with Gasteiger partial charge in [0.15, 0.2) is 0 Å². The molecule has 0 aromatic heterocycles. The molecule has 0 aliphatic rings. The molecule has 0 aromatic rings. The zero-order valence-corrected chi connectivity index (χ0v) is 31.8. The maximum absolute atomic E-state index is 12.5. The fourth-order valence-corrected chi connectivity index (χ4v) is 6.55. The minimum absolute atomic E-state index is 0.267. The van der Waals surface area contributed by atoms with Gasteiger partial charge in [0.25, 0.3) is 10.1 Å². The molecule has 0 rings (SSSR count). The van der Waals surface area contributed by atoms with Crippen LogP contribution in [0.2, 0.25) is 0 Å². The van der Waals surface area contributed by atoms with Crippen LogP contribution in [-0.4, -0.2) is 53.1 Å². The van der Waals surface area contributed by atoms with Crippen molar-refractivity contribution >= 4 is 16.0 Å². The number of nitrogens with one attached hydrogen (secondary N) is 1. The average Bonchev–Trinajstić information content (AvgIpc) is 3.05. The molecule has 0 heterocycles. The highest BCUT2D eigenvalue weighted by molar-refractivity contribution is 7.85. The molecular formula is C40H75NO6S. The summed E-state index contributed by atoms with van der Waals surface area (Å²) < 4.78 is 32.3. The molecule has 1 amide bonds. The Bertz CT molecular complexity index is 917. The fraction of sp³-hybridized carbons (Fsp3) is 0.825. The number of hydrogen-bond acceptors (Lipinski definition) is 5. The number of aliphatic hydroxyl groups is 2. The molecule has 3 atom stereocenters. The molecule has 0 spiro atoms. The van der Waals surface area contributed by atoms with E-state index in [2.05, 4.69) is 43.5 Å². The van der Waals surface area contributed by atoms with Crippen molar-refractivity contribution in [2.45, 2.75) is 205 Å². The zero-order chi connectivity index (χ0) is 35.6. The largest absolute Gasteiger partial charge is 0.387 e. The van der Waals surface area contributed by atoms with Gasteiger partial charge in [-0.05, 0) is 57.8 Å². The molecule has 0 radical (unpaired) electrons. The molecule has 0 aliphatic carbocycles. The van der Waals surface area contributed by atoms with E-state index in [1.54, 1.807) is 6.08 Å². The van der Waals surface area contributed by atoms with Crippen molar-refractivity contribution in [1.29, 1.82) is 0 Å². The second-order valence-corrected chi connectivity index (χ2v) is 15.2. The molecule has 0 aromatic carbocycles. The van der Waals surface area contributed by atoms with Gasteiger partial charge in [0.1, 0.15) is 6.10 Å². The third kappa shape index (κ3) is 33.0. The van der Waals surface area contributed by atoms with E-state index in [-0.39, 0.29) is 6.42 Å². The number of carbonyl (C=O) groups is 1. The molecule has 0 saturated carbocycles. The van der Waals surface area contributed by atoms with Crippen molar-refractivity contribution in [1.82, 2.24) is 5.32 Å². The Morgan fingerprint density at radius 1 is 0.562 bits per heavy atom. The van der Waals surface area contributed by atoms with E-state index in [1.165, 1.54) is 122 Å². The van der Waals surface area contributed by atoms with Gasteiger partial charge in [0, 0.05) is 0 Å². The lowest BCUT2D eigenvalue weighted by Crippen LogP contribution is -2.50. The molecule has 48 heavy (non-hydrogen) atoms. The summed E-state index contributed by atoms with van der Waals surface area (Å²) in [6, 6.07) is -1.25. The van der Waals surface area contributed by atoms with Crippen LogP contribution >= 0.6 is 0 Å². The van der Waals surface area contributed by atoms with Crippen LogP contribution < -0.4 is 5.32 Å². The number of unbranched alkanes of at least 4 members (excludes halogenated alkanes) is 22. The number of hydrogen-bond donors (Lipinski definition) is 4. The lowest BCUT2D eigenvalue weighted by atomic mass is 10.0. The van der Waals surface area contributed by atoms with Crippen LogP contribution in [0, 0.1) is 0 Å². The van der Waals surface area contributed by atoms with Crippen LogP contribution in [0.3, 0.4) is 0 Å². The highest BCUT2D eigenvalue weighted by Gasteiger charge is 2.27. The van der Waals surface area contributed by atoms with Crippen LogP contribution in [0.4, 0.5) is 0 Å². The minimum Gasteiger partial charge on any atom is -0.387 e. The van der Waals surface area contributed by atoms with Gasteiger partial charge in [-0.25, -0.2) is 0 Å². The Kier molecular flexibility index (Phi) is 32.9. The van der Waals surface area contributed by atoms with E-state index >= 15 is 0 Å². The van der Waals surface area contributed by atoms with Crippen molar-refractivity contribution < 1.29 is 28.0 Å². The van der Waals surface area contributed by atoms with Crippen LogP contribution in [-0.2, 0) is 14.9 Å². The Labute approximate surface area is 296 Å². The van der Waals surface area contributed by atoms with E-state index in [4.69, 9.17) is 0 Å². The first-order valence-corrected chi connectivity index (χ1v) is 21.4. The topological polar surface area (TPSA) is 124 Å². The second kappa shape index (κ2) is 34.0. The Balaban J connectivity index is 3.95. The Morgan fingerprint density at radius 3 is 1.42 bits per heavy atom. The van der Waals surface area contributed by atoms with E-state index in [9.17, 15) is 28.0 Å². The lowest BCUT2D eigenvalue weighted by Gasteiger charge is -2.22. The van der Waals surface area contributed by atoms with Gasteiger partial charge in [0.2, 0.25) is 5.91 Å². The molecule has 3 unspecified atom stereocenters. The highest BCUT2D eigenvalue weighted by atomic mass is 32.2. The number of amides is 1. The van der Waals surface area contributed by atoms with Crippen molar-refractivity contribution in [3.05, 3.63) is 36.5 Å². The summed E-state index contributed by atoms with van der Waals surface area (Å²) in [5.74, 6) is -1.57. The quantitative estimate of drug-likeness (QED) is 0.0297. The Morgan fingerprint density at radius 2 is 0.938 bits per heavy atom. The van der Waals surface area contributed by atoms with Gasteiger partial charge >= 0.3 is 0 Å². The number of carbonyl (C=O) groups excluding carboxylic acids is 1. The SMILES string of the molecule is CCCCC/C=C/CC/C=C/C(O)C(CS(=O)(=O)O)NC(=O)C(O)CCCCCCCC/C=C\CCCCCCCCCCCCCC. The smallest absolute Gasteiger partial charge is 0.267 e. The molecule has 7 nitrogen and oxygen atoms in total. The number of aliphatic hydroxyl groups excluding tert-OH is 2. The molecule has 0 fully saturated rings. The maximum atomic E-state index is 12.5. The van der Waals surface area contributed by atoms with Crippen LogP contribution in [0.1, 0.15) is 187 Å². The average molecular weight is 698 g/mol. The molecule has 4 N–H and O–H groups in total. The minimum atomic E-state index is -4.44. The monoisotopic (exact) mass is 698 g/mol. The van der Waals surface area contributed by atoms with E-state index in [0.29, 0.717) is 12.8 Å². The van der Waals surface area contributed by atoms with Gasteiger partial charge in [0.05, 0.1) is 17.9 Å². The number of allylic oxidation sites excluding steroid dienone is 5. The summed E-state index contributed by atoms with van der Waals surface area (Å²) in [7, 11) is -4.44. The molecule has 8 heteroatoms. The van der Waals surface area contributed by atoms with E-state index in [1.807, 2.05) is 0 Å². The molecular weight excluding hydrogens is 623 g/mol. The van der Waals surface area contributed by atoms with E-state index < -0.39 is 40.0 Å². The van der Waals surface area contributed by atoms with Crippen LogP contribution in [0.5, 0.6) is 0 Å². The lowest BCUT2D eigenvalue weighted by molar-refractivity contribution is -0.130. The summed E-state index contributed by atoms with van der Waals surface area (Å²) in [5, 5.41) is 23.2.